The fourth-order valence-electron chi connectivity index (χ4n) is 2.42. The third-order valence-corrected chi connectivity index (χ3v) is 5.92. The number of hydrogen-bond acceptors (Lipinski definition) is 3. The lowest BCUT2D eigenvalue weighted by molar-refractivity contribution is -0.130. The maximum absolute atomic E-state index is 14.7. The van der Waals surface area contributed by atoms with Crippen LogP contribution in [0.15, 0.2) is 22.7 Å². The first-order valence-electron chi connectivity index (χ1n) is 7.15. The van der Waals surface area contributed by atoms with Crippen LogP contribution in [0.2, 0.25) is 0 Å². The van der Waals surface area contributed by atoms with Crippen molar-refractivity contribution in [1.29, 1.82) is 0 Å². The van der Waals surface area contributed by atoms with E-state index >= 15 is 0 Å². The Morgan fingerprint density at radius 3 is 2.65 bits per heavy atom. The predicted molar refractivity (Wildman–Crippen MR) is 89.0 cm³/mol. The topological polar surface area (TPSA) is 58.6 Å². The van der Waals surface area contributed by atoms with Crippen molar-refractivity contribution in [3.8, 4) is 5.75 Å². The average molecular weight is 412 g/mol. The average Bonchev–Trinajstić information content (AvgIpc) is 2.46. The first-order chi connectivity index (χ1) is 10.5. The number of ether oxygens (including phenoxy) is 1. The second-order valence-corrected chi connectivity index (χ2v) is 9.37. The van der Waals surface area contributed by atoms with Crippen LogP contribution in [0, 0.1) is 0 Å². The number of halogens is 3. The van der Waals surface area contributed by atoms with Gasteiger partial charge in [-0.3, -0.25) is 0 Å². The van der Waals surface area contributed by atoms with Crippen molar-refractivity contribution in [3.05, 3.63) is 28.2 Å². The lowest BCUT2D eigenvalue weighted by Crippen LogP contribution is -2.61. The molecular formula is C15H20BrF2NO3S. The Morgan fingerprint density at radius 2 is 2.09 bits per heavy atom. The Labute approximate surface area is 145 Å². The molecule has 0 aromatic heterocycles. The maximum Gasteiger partial charge on any atom is 0.293 e. The van der Waals surface area contributed by atoms with Gasteiger partial charge in [0.1, 0.15) is 17.9 Å². The monoisotopic (exact) mass is 411 g/mol. The third kappa shape index (κ3) is 3.45. The summed E-state index contributed by atoms with van der Waals surface area (Å²) in [6.07, 6.45) is -0.105. The Balaban J connectivity index is 2.62. The normalized spacial score (nSPS) is 23.1. The van der Waals surface area contributed by atoms with Crippen LogP contribution in [0.5, 0.6) is 5.75 Å². The van der Waals surface area contributed by atoms with Gasteiger partial charge in [0.15, 0.2) is 0 Å². The summed E-state index contributed by atoms with van der Waals surface area (Å²) in [5.74, 6) is -3.21. The fraction of sp³-hybridized carbons (Fsp3) is 0.600. The molecule has 4 nitrogen and oxygen atoms in total. The standard InChI is InChI=1S/C15H20BrF2NO3S/c1-13(2,3)23(21)19-14(15(17,18)9-20)6-7-22-12-5-4-10(16)8-11(12)14/h4-5,8,19-20H,6-7,9H2,1-3H3/t14-,23-/m1/s1. The molecule has 0 aliphatic carbocycles. The molecule has 1 aromatic rings. The smallest absolute Gasteiger partial charge is 0.293 e. The van der Waals surface area contributed by atoms with E-state index in [-0.39, 0.29) is 18.6 Å². The molecule has 0 bridgehead atoms. The Kier molecular flexibility index (Phi) is 5.21. The quantitative estimate of drug-likeness (QED) is 0.799. The molecule has 1 aliphatic rings. The highest BCUT2D eigenvalue weighted by molar-refractivity contribution is 9.10. The second-order valence-electron chi connectivity index (χ2n) is 6.49. The number of hydrogen-bond donors (Lipinski definition) is 2. The first-order valence-corrected chi connectivity index (χ1v) is 9.09. The van der Waals surface area contributed by atoms with Crippen LogP contribution in [0.1, 0.15) is 32.8 Å². The molecule has 0 saturated carbocycles. The van der Waals surface area contributed by atoms with Crippen LogP contribution in [-0.4, -0.2) is 33.2 Å². The summed E-state index contributed by atoms with van der Waals surface area (Å²) in [6.45, 7) is 3.78. The van der Waals surface area contributed by atoms with Crippen molar-refractivity contribution in [1.82, 2.24) is 4.72 Å². The van der Waals surface area contributed by atoms with E-state index in [9.17, 15) is 18.1 Å². The van der Waals surface area contributed by atoms with Crippen LogP contribution < -0.4 is 9.46 Å². The summed E-state index contributed by atoms with van der Waals surface area (Å²) in [5, 5.41) is 9.28. The lowest BCUT2D eigenvalue weighted by atomic mass is 9.80. The highest BCUT2D eigenvalue weighted by atomic mass is 79.9. The maximum atomic E-state index is 14.7. The molecule has 0 fully saturated rings. The lowest BCUT2D eigenvalue weighted by Gasteiger charge is -2.44. The summed E-state index contributed by atoms with van der Waals surface area (Å²) in [5.41, 5.74) is -1.77. The SMILES string of the molecule is CC(C)(C)[S@@](=O)N[C@]1(C(F)(F)CO)CCOc2ccc(Br)cc21. The molecule has 0 unspecified atom stereocenters. The second kappa shape index (κ2) is 6.38. The first kappa shape index (κ1) is 18.8. The summed E-state index contributed by atoms with van der Waals surface area (Å²) in [6, 6.07) is 4.79. The van der Waals surface area contributed by atoms with Crippen LogP contribution in [-0.2, 0) is 16.5 Å². The summed E-state index contributed by atoms with van der Waals surface area (Å²) < 4.78 is 49.9. The van der Waals surface area contributed by atoms with Gasteiger partial charge in [0.05, 0.1) is 22.3 Å². The van der Waals surface area contributed by atoms with Gasteiger partial charge in [-0.05, 0) is 39.0 Å². The number of aliphatic hydroxyl groups excluding tert-OH is 1. The highest BCUT2D eigenvalue weighted by Gasteiger charge is 2.58. The summed E-state index contributed by atoms with van der Waals surface area (Å²) >= 11 is 3.27. The van der Waals surface area contributed by atoms with E-state index in [1.807, 2.05) is 0 Å². The van der Waals surface area contributed by atoms with Crippen LogP contribution in [0.25, 0.3) is 0 Å². The van der Waals surface area contributed by atoms with Crippen molar-refractivity contribution in [2.45, 2.75) is 43.4 Å². The van der Waals surface area contributed by atoms with Gasteiger partial charge in [0.25, 0.3) is 5.92 Å². The molecule has 130 valence electrons. The molecule has 0 saturated heterocycles. The third-order valence-electron chi connectivity index (χ3n) is 3.78. The summed E-state index contributed by atoms with van der Waals surface area (Å²) in [7, 11) is -1.75. The predicted octanol–water partition coefficient (Wildman–Crippen LogP) is 3.11. The number of alkyl halides is 2. The minimum absolute atomic E-state index is 0.0402. The molecule has 0 radical (unpaired) electrons. The number of rotatable bonds is 4. The molecule has 2 rings (SSSR count). The fourth-order valence-corrected chi connectivity index (χ4v) is 3.76. The van der Waals surface area contributed by atoms with Crippen molar-refractivity contribution < 1.29 is 22.8 Å². The van der Waals surface area contributed by atoms with Crippen LogP contribution in [0.4, 0.5) is 8.78 Å². The van der Waals surface area contributed by atoms with Gasteiger partial charge in [-0.25, -0.2) is 17.7 Å². The minimum atomic E-state index is -3.51. The number of nitrogens with one attached hydrogen (secondary N) is 1. The zero-order valence-corrected chi connectivity index (χ0v) is 15.6. The molecule has 23 heavy (non-hydrogen) atoms. The molecular weight excluding hydrogens is 392 g/mol. The van der Waals surface area contributed by atoms with Crippen molar-refractivity contribution in [2.24, 2.45) is 0 Å². The Bertz CT molecular complexity index is 621. The molecule has 8 heteroatoms. The van der Waals surface area contributed by atoms with Crippen molar-refractivity contribution >= 4 is 26.9 Å². The van der Waals surface area contributed by atoms with Gasteiger partial charge < -0.3 is 9.84 Å². The van der Waals surface area contributed by atoms with E-state index in [0.29, 0.717) is 10.2 Å². The van der Waals surface area contributed by atoms with Crippen molar-refractivity contribution in [3.63, 3.8) is 0 Å². The van der Waals surface area contributed by atoms with E-state index in [1.54, 1.807) is 32.9 Å². The van der Waals surface area contributed by atoms with Crippen LogP contribution >= 0.6 is 15.9 Å². The zero-order chi connectivity index (χ0) is 17.5. The molecule has 1 heterocycles. The van der Waals surface area contributed by atoms with Gasteiger partial charge in [-0.1, -0.05) is 15.9 Å². The van der Waals surface area contributed by atoms with E-state index in [0.717, 1.165) is 0 Å². The van der Waals surface area contributed by atoms with Gasteiger partial charge in [0, 0.05) is 16.5 Å². The molecule has 2 atom stereocenters. The zero-order valence-electron chi connectivity index (χ0n) is 13.2. The molecule has 2 N–H and O–H groups in total. The van der Waals surface area contributed by atoms with E-state index < -0.39 is 33.8 Å². The van der Waals surface area contributed by atoms with Crippen LogP contribution in [0.3, 0.4) is 0 Å². The number of fused-ring (bicyclic) bond motifs is 1. The van der Waals surface area contributed by atoms with Gasteiger partial charge in [-0.15, -0.1) is 0 Å². The summed E-state index contributed by atoms with van der Waals surface area (Å²) in [4.78, 5) is 0. The Hall–Kier alpha value is -0.570. The van der Waals surface area contributed by atoms with E-state index in [1.165, 1.54) is 6.07 Å². The highest BCUT2D eigenvalue weighted by Crippen LogP contribution is 2.48. The van der Waals surface area contributed by atoms with E-state index in [4.69, 9.17) is 4.74 Å². The van der Waals surface area contributed by atoms with Crippen molar-refractivity contribution in [2.75, 3.05) is 13.2 Å². The molecule has 0 amide bonds. The minimum Gasteiger partial charge on any atom is -0.493 e. The number of benzene rings is 1. The molecule has 1 aliphatic heterocycles. The largest absolute Gasteiger partial charge is 0.493 e. The van der Waals surface area contributed by atoms with Gasteiger partial charge in [0.2, 0.25) is 0 Å². The Morgan fingerprint density at radius 1 is 1.43 bits per heavy atom. The molecule has 0 spiro atoms. The van der Waals surface area contributed by atoms with Gasteiger partial charge >= 0.3 is 0 Å². The van der Waals surface area contributed by atoms with E-state index in [2.05, 4.69) is 20.7 Å². The van der Waals surface area contributed by atoms with Gasteiger partial charge in [-0.2, -0.15) is 0 Å². The molecule has 1 aromatic carbocycles. The number of aliphatic hydroxyl groups is 1.